The van der Waals surface area contributed by atoms with E-state index < -0.39 is 0 Å². The molecule has 11 aromatic rings. The van der Waals surface area contributed by atoms with Gasteiger partial charge in [-0.3, -0.25) is 0 Å². The highest BCUT2D eigenvalue weighted by atomic mass is 15.0. The molecule has 0 N–H and O–H groups in total. The Labute approximate surface area is 400 Å². The van der Waals surface area contributed by atoms with Gasteiger partial charge in [0.1, 0.15) is 0 Å². The second-order valence-electron chi connectivity index (χ2n) is 18.2. The van der Waals surface area contributed by atoms with E-state index in [1.807, 2.05) is 0 Å². The summed E-state index contributed by atoms with van der Waals surface area (Å²) in [5, 5.41) is 4.99. The Balaban J connectivity index is 0.925. The third kappa shape index (κ3) is 8.07. The lowest BCUT2D eigenvalue weighted by Gasteiger charge is -2.13. The van der Waals surface area contributed by atoms with Gasteiger partial charge in [0.25, 0.3) is 0 Å². The second kappa shape index (κ2) is 18.7. The third-order valence-electron chi connectivity index (χ3n) is 13.8. The molecule has 0 saturated carbocycles. The van der Waals surface area contributed by atoms with Gasteiger partial charge in [0.2, 0.25) is 0 Å². The summed E-state index contributed by atoms with van der Waals surface area (Å²) in [5.74, 6) is 0.380. The van der Waals surface area contributed by atoms with Crippen molar-refractivity contribution in [3.8, 4) is 55.9 Å². The Hall–Kier alpha value is -7.94. The van der Waals surface area contributed by atoms with Crippen LogP contribution in [-0.4, -0.2) is 9.13 Å². The van der Waals surface area contributed by atoms with Crippen molar-refractivity contribution in [2.45, 2.75) is 52.4 Å². The molecule has 2 nitrogen and oxygen atoms in total. The van der Waals surface area contributed by atoms with Gasteiger partial charge in [-0.2, -0.15) is 0 Å². The number of fused-ring (bicyclic) bond motifs is 6. The fraction of sp³-hybridized carbons (Fsp3) is 0.121. The molecule has 0 radical (unpaired) electrons. The van der Waals surface area contributed by atoms with Gasteiger partial charge in [-0.1, -0.05) is 190 Å². The molecule has 0 aliphatic carbocycles. The van der Waals surface area contributed by atoms with Gasteiger partial charge in [-0.25, -0.2) is 0 Å². The first-order chi connectivity index (χ1) is 33.6. The van der Waals surface area contributed by atoms with Crippen molar-refractivity contribution in [3.05, 3.63) is 242 Å². The van der Waals surface area contributed by atoms with E-state index >= 15 is 0 Å². The molecular weight excluding hydrogens is 821 g/mol. The van der Waals surface area contributed by atoms with Crippen LogP contribution in [0.15, 0.2) is 231 Å². The van der Waals surface area contributed by atoms with Gasteiger partial charge < -0.3 is 9.13 Å². The molecule has 11 rings (SSSR count). The van der Waals surface area contributed by atoms with E-state index in [0.29, 0.717) is 5.92 Å². The highest BCUT2D eigenvalue weighted by Crippen LogP contribution is 2.40. The van der Waals surface area contributed by atoms with Gasteiger partial charge in [0, 0.05) is 38.8 Å². The molecule has 0 saturated heterocycles. The molecule has 0 spiro atoms. The van der Waals surface area contributed by atoms with Crippen molar-refractivity contribution in [2.75, 3.05) is 0 Å². The lowest BCUT2D eigenvalue weighted by atomic mass is 9.93. The first-order valence-electron chi connectivity index (χ1n) is 24.4. The summed E-state index contributed by atoms with van der Waals surface area (Å²) in [4.78, 5) is 0. The van der Waals surface area contributed by atoms with Crippen molar-refractivity contribution in [3.63, 3.8) is 0 Å². The molecule has 2 heteroatoms. The Morgan fingerprint density at radius 3 is 1.34 bits per heavy atom. The quantitative estimate of drug-likeness (QED) is 0.102. The predicted octanol–water partition coefficient (Wildman–Crippen LogP) is 18.5. The first-order valence-corrected chi connectivity index (χ1v) is 24.4. The van der Waals surface area contributed by atoms with E-state index in [0.717, 1.165) is 37.1 Å². The molecule has 0 aliphatic rings. The van der Waals surface area contributed by atoms with Crippen molar-refractivity contribution >= 4 is 43.6 Å². The van der Waals surface area contributed by atoms with Crippen LogP contribution >= 0.6 is 0 Å². The summed E-state index contributed by atoms with van der Waals surface area (Å²) in [7, 11) is 0. The maximum absolute atomic E-state index is 2.43. The zero-order chi connectivity index (χ0) is 46.0. The molecule has 330 valence electrons. The summed E-state index contributed by atoms with van der Waals surface area (Å²) < 4.78 is 4.86. The Morgan fingerprint density at radius 1 is 0.397 bits per heavy atom. The molecule has 0 amide bonds. The summed E-state index contributed by atoms with van der Waals surface area (Å²) in [5.41, 5.74) is 19.6. The zero-order valence-corrected chi connectivity index (χ0v) is 39.2. The van der Waals surface area contributed by atoms with E-state index in [9.17, 15) is 0 Å². The molecule has 1 atom stereocenters. The van der Waals surface area contributed by atoms with E-state index in [2.05, 4.69) is 260 Å². The van der Waals surface area contributed by atoms with E-state index in [1.165, 1.54) is 99.2 Å². The molecule has 2 aromatic heterocycles. The highest BCUT2D eigenvalue weighted by molar-refractivity contribution is 6.12. The number of aryl methyl sites for hydroxylation is 1. The molecule has 1 unspecified atom stereocenters. The van der Waals surface area contributed by atoms with Gasteiger partial charge in [-0.15, -0.1) is 0 Å². The zero-order valence-electron chi connectivity index (χ0n) is 39.2. The largest absolute Gasteiger partial charge is 0.309 e. The molecule has 0 bridgehead atoms. The summed E-state index contributed by atoms with van der Waals surface area (Å²) >= 11 is 0. The van der Waals surface area contributed by atoms with Crippen molar-refractivity contribution in [2.24, 2.45) is 0 Å². The highest BCUT2D eigenvalue weighted by Gasteiger charge is 2.17. The van der Waals surface area contributed by atoms with Gasteiger partial charge in [0.05, 0.1) is 22.1 Å². The number of hydrogen-bond donors (Lipinski definition) is 0. The summed E-state index contributed by atoms with van der Waals surface area (Å²) in [6.45, 7) is 6.54. The minimum absolute atomic E-state index is 0.380. The van der Waals surface area contributed by atoms with Crippen LogP contribution in [-0.2, 0) is 6.42 Å². The van der Waals surface area contributed by atoms with Crippen LogP contribution in [0.1, 0.15) is 57.1 Å². The smallest absolute Gasteiger partial charge is 0.0541 e. The minimum atomic E-state index is 0.380. The van der Waals surface area contributed by atoms with E-state index in [-0.39, 0.29) is 0 Å². The van der Waals surface area contributed by atoms with Crippen molar-refractivity contribution in [1.82, 2.24) is 9.13 Å². The average Bonchev–Trinajstić information content (AvgIpc) is 3.91. The topological polar surface area (TPSA) is 9.86 Å². The van der Waals surface area contributed by atoms with Crippen molar-refractivity contribution < 1.29 is 0 Å². The molecular formula is C66H56N2. The van der Waals surface area contributed by atoms with Gasteiger partial charge >= 0.3 is 0 Å². The minimum Gasteiger partial charge on any atom is -0.309 e. The lowest BCUT2D eigenvalue weighted by molar-refractivity contribution is 0.858. The van der Waals surface area contributed by atoms with Gasteiger partial charge in [-0.05, 0) is 142 Å². The van der Waals surface area contributed by atoms with E-state index in [1.54, 1.807) is 0 Å². The number of benzene rings is 9. The molecule has 2 heterocycles. The van der Waals surface area contributed by atoms with Crippen LogP contribution in [0.2, 0.25) is 0 Å². The SMILES string of the molecule is C/C=C\C(C/C=C\CC)c1ccc(-c2cccc(-n3c4ccccc4c4cc(-c5ccc6c(c5)c5ccccc5n6-c5cccc(-c6ccc(-c7ccc(CCC)cc7)cc6)c5)ccc43)c2)cc1. The van der Waals surface area contributed by atoms with Crippen LogP contribution < -0.4 is 0 Å². The number of aromatic nitrogens is 2. The molecule has 68 heavy (non-hydrogen) atoms. The van der Waals surface area contributed by atoms with Gasteiger partial charge in [0.15, 0.2) is 0 Å². The predicted molar refractivity (Wildman–Crippen MR) is 292 cm³/mol. The van der Waals surface area contributed by atoms with Crippen LogP contribution in [0.4, 0.5) is 0 Å². The summed E-state index contributed by atoms with van der Waals surface area (Å²) in [6.07, 6.45) is 13.4. The fourth-order valence-corrected chi connectivity index (χ4v) is 10.4. The van der Waals surface area contributed by atoms with Crippen LogP contribution in [0, 0.1) is 0 Å². The maximum Gasteiger partial charge on any atom is 0.0541 e. The number of hydrogen-bond acceptors (Lipinski definition) is 0. The Kier molecular flexibility index (Phi) is 11.8. The number of para-hydroxylation sites is 2. The molecule has 0 aliphatic heterocycles. The standard InChI is InChI=1S/C66H56N2/c1-4-7-8-17-47(16-6-3)49-30-34-51(35-31-49)53-18-13-20-57(42-53)67-63-24-11-9-22-59(63)61-44-55(38-40-65(61)67)56-39-41-66-62(45-56)60-23-10-12-25-64(60)68(66)58-21-14-19-54(43-58)52-36-32-50(33-37-52)48-28-26-46(15-5-2)27-29-48/h6-14,16,18-45,47H,4-5,15,17H2,1-3H3/b8-7-,16-6-. The maximum atomic E-state index is 2.43. The normalized spacial score (nSPS) is 12.4. The number of nitrogens with zero attached hydrogens (tertiary/aromatic N) is 2. The van der Waals surface area contributed by atoms with Crippen LogP contribution in [0.25, 0.3) is 99.5 Å². The summed E-state index contributed by atoms with van der Waals surface area (Å²) in [6, 6.07) is 76.9. The Bertz CT molecular complexity index is 3630. The average molecular weight is 877 g/mol. The number of rotatable bonds is 13. The second-order valence-corrected chi connectivity index (χ2v) is 18.2. The monoisotopic (exact) mass is 876 g/mol. The Morgan fingerprint density at radius 2 is 0.838 bits per heavy atom. The molecule has 0 fully saturated rings. The molecule has 9 aromatic carbocycles. The van der Waals surface area contributed by atoms with Crippen LogP contribution in [0.5, 0.6) is 0 Å². The van der Waals surface area contributed by atoms with Crippen LogP contribution in [0.3, 0.4) is 0 Å². The number of allylic oxidation sites excluding steroid dienone is 4. The van der Waals surface area contributed by atoms with E-state index in [4.69, 9.17) is 0 Å². The fourth-order valence-electron chi connectivity index (χ4n) is 10.4. The lowest BCUT2D eigenvalue weighted by Crippen LogP contribution is -1.95. The van der Waals surface area contributed by atoms with Crippen molar-refractivity contribution in [1.29, 1.82) is 0 Å². The third-order valence-corrected chi connectivity index (χ3v) is 13.8. The first kappa shape index (κ1) is 42.7.